The van der Waals surface area contributed by atoms with Crippen LogP contribution in [0.2, 0.25) is 0 Å². The van der Waals surface area contributed by atoms with Crippen LogP contribution in [0.4, 0.5) is 0 Å². The molecule has 0 aromatic heterocycles. The average Bonchev–Trinajstić information content (AvgIpc) is 1.61. The Morgan fingerprint density at radius 2 is 2.67 bits per heavy atom. The normalized spacial score (nSPS) is 4.67. The fourth-order valence-corrected chi connectivity index (χ4v) is 0.128. The van der Waals surface area contributed by atoms with Crippen LogP contribution >= 0.6 is 0 Å². The summed E-state index contributed by atoms with van der Waals surface area (Å²) in [6.45, 7) is 0. The smallest absolute Gasteiger partial charge is 0.243 e. The van der Waals surface area contributed by atoms with E-state index in [1.807, 2.05) is 0 Å². The summed E-state index contributed by atoms with van der Waals surface area (Å²) < 4.78 is 2.88. The first-order chi connectivity index (χ1) is 2.91. The van der Waals surface area contributed by atoms with Crippen molar-refractivity contribution in [2.45, 2.75) is 0 Å². The van der Waals surface area contributed by atoms with Crippen molar-refractivity contribution in [3.8, 4) is 0 Å². The van der Waals surface area contributed by atoms with Gasteiger partial charge in [0.2, 0.25) is 9.29 Å². The molecular weight excluding hydrogens is 98.1 g/mol. The number of carbonyl (C=O) groups excluding carboxylic acids is 1. The van der Waals surface area contributed by atoms with Crippen LogP contribution in [-0.4, -0.2) is 14.8 Å². The van der Waals surface area contributed by atoms with E-state index in [0.29, 0.717) is 0 Å². The molecule has 0 aliphatic rings. The van der Waals surface area contributed by atoms with E-state index in [1.165, 1.54) is 5.54 Å². The van der Waals surface area contributed by atoms with E-state index in [0.717, 1.165) is 0 Å². The molecule has 0 amide bonds. The summed E-state index contributed by atoms with van der Waals surface area (Å²) in [5.74, 6) is 0. The van der Waals surface area contributed by atoms with Gasteiger partial charge >= 0.3 is 0 Å². The molecule has 5 heteroatoms. The van der Waals surface area contributed by atoms with E-state index in [1.54, 1.807) is 0 Å². The van der Waals surface area contributed by atoms with Gasteiger partial charge in [0.25, 0.3) is 0 Å². The van der Waals surface area contributed by atoms with Gasteiger partial charge in [0.1, 0.15) is 0 Å². The minimum atomic E-state index is -0.382. The first kappa shape index (κ1) is 5.11. The van der Waals surface area contributed by atoms with Crippen molar-refractivity contribution in [2.75, 3.05) is 0 Å². The number of hydrogen-bond acceptors (Lipinski definition) is 2. The number of hydrogen-bond donors (Lipinski definition) is 0. The maximum atomic E-state index is 9.19. The Kier molecular flexibility index (Phi) is 3.50. The highest BCUT2D eigenvalue weighted by Gasteiger charge is 1.52. The summed E-state index contributed by atoms with van der Waals surface area (Å²) >= 11 is 0. The molecule has 0 heterocycles. The number of azide groups is 1. The summed E-state index contributed by atoms with van der Waals surface area (Å²) in [4.78, 5) is 11.5. The van der Waals surface area contributed by atoms with Gasteiger partial charge in [-0.2, -0.15) is 0 Å². The number of nitrogens with zero attached hydrogens (tertiary/aromatic N) is 3. The second-order valence-electron chi connectivity index (χ2n) is 0.403. The molecule has 0 aromatic rings. The van der Waals surface area contributed by atoms with E-state index in [9.17, 15) is 4.79 Å². The molecule has 0 aromatic carbocycles. The molecule has 0 saturated carbocycles. The highest BCUT2D eigenvalue weighted by atomic mass is 28.2. The molecule has 0 aliphatic carbocycles. The highest BCUT2D eigenvalue weighted by molar-refractivity contribution is 6.40. The molecule has 29 valence electrons. The van der Waals surface area contributed by atoms with Gasteiger partial charge in [-0.15, -0.1) is 0 Å². The van der Waals surface area contributed by atoms with Crippen LogP contribution in [0, 0.1) is 0 Å². The molecule has 4 nitrogen and oxygen atoms in total. The minimum Gasteiger partial charge on any atom is -0.243 e. The van der Waals surface area contributed by atoms with E-state index < -0.39 is 0 Å². The summed E-state index contributed by atoms with van der Waals surface area (Å²) in [5.41, 5.74) is 8.91. The molecule has 0 fully saturated rings. The van der Waals surface area contributed by atoms with Crippen LogP contribution in [-0.2, 0) is 4.79 Å². The fourth-order valence-electron chi connectivity index (χ4n) is 0.0428. The third-order valence-electron chi connectivity index (χ3n) is 0.140. The van der Waals surface area contributed by atoms with Crippen molar-refractivity contribution in [3.05, 3.63) is 10.4 Å². The van der Waals surface area contributed by atoms with Crippen LogP contribution < -0.4 is 0 Å². The average molecular weight is 98.1 g/mol. The fraction of sp³-hybridized carbons (Fsp3) is 0. The van der Waals surface area contributed by atoms with Gasteiger partial charge in [0.15, 0.2) is 0 Å². The Hall–Kier alpha value is -0.893. The van der Waals surface area contributed by atoms with E-state index >= 15 is 0 Å². The van der Waals surface area contributed by atoms with Crippen molar-refractivity contribution in [1.29, 1.82) is 0 Å². The van der Waals surface area contributed by atoms with Gasteiger partial charge < -0.3 is 0 Å². The SMILES string of the molecule is [N-]=[N+]=N[Si]=C=O. The molecule has 6 heavy (non-hydrogen) atoms. The topological polar surface area (TPSA) is 65.8 Å². The minimum absolute atomic E-state index is 0.382. The van der Waals surface area contributed by atoms with E-state index in [-0.39, 0.29) is 9.29 Å². The maximum Gasteiger partial charge on any atom is 0.250 e. The molecule has 0 saturated heterocycles. The molecule has 1 radical (unpaired) electrons. The Labute approximate surface area is 35.9 Å². The summed E-state index contributed by atoms with van der Waals surface area (Å²) in [6, 6.07) is 0. The van der Waals surface area contributed by atoms with Crippen LogP contribution in [0.5, 0.6) is 0 Å². The number of rotatable bonds is 1. The Balaban J connectivity index is 3.64. The Morgan fingerprint density at radius 3 is 2.83 bits per heavy atom. The van der Waals surface area contributed by atoms with Crippen LogP contribution in [0.1, 0.15) is 0 Å². The monoisotopic (exact) mass is 98.0 g/mol. The molecule has 0 aliphatic heterocycles. The van der Waals surface area contributed by atoms with Crippen molar-refractivity contribution < 1.29 is 4.79 Å². The van der Waals surface area contributed by atoms with Gasteiger partial charge in [-0.3, -0.25) is 0 Å². The molecular formula is CN3OSi. The standard InChI is InChI=1S/CN3OSi/c2-3-4-6-1-5. The van der Waals surface area contributed by atoms with Gasteiger partial charge in [0, 0.05) is 4.91 Å². The molecule has 0 rings (SSSR count). The lowest BCUT2D eigenvalue weighted by Gasteiger charge is -1.41. The van der Waals surface area contributed by atoms with Crippen LogP contribution in [0.25, 0.3) is 10.4 Å². The van der Waals surface area contributed by atoms with Gasteiger partial charge in [-0.25, -0.2) is 4.79 Å². The van der Waals surface area contributed by atoms with Crippen molar-refractivity contribution >= 4 is 14.8 Å². The lowest BCUT2D eigenvalue weighted by molar-refractivity contribution is 0.571. The van der Waals surface area contributed by atoms with Crippen molar-refractivity contribution in [3.63, 3.8) is 0 Å². The highest BCUT2D eigenvalue weighted by Crippen LogP contribution is 1.49. The summed E-state index contributed by atoms with van der Waals surface area (Å²) in [7, 11) is -0.382. The predicted molar refractivity (Wildman–Crippen MR) is 20.6 cm³/mol. The lowest BCUT2D eigenvalue weighted by Crippen LogP contribution is -1.58. The third-order valence-corrected chi connectivity index (χ3v) is 0.421. The second kappa shape index (κ2) is 4.11. The van der Waals surface area contributed by atoms with E-state index in [4.69, 9.17) is 5.53 Å². The quantitative estimate of drug-likeness (QED) is 0.197. The van der Waals surface area contributed by atoms with Crippen molar-refractivity contribution in [2.24, 2.45) is 4.78 Å². The lowest BCUT2D eigenvalue weighted by atomic mass is 11.9. The second-order valence-corrected chi connectivity index (χ2v) is 1.03. The maximum absolute atomic E-state index is 9.19. The zero-order chi connectivity index (χ0) is 4.83. The zero-order valence-corrected chi connectivity index (χ0v) is 3.75. The summed E-state index contributed by atoms with van der Waals surface area (Å²) in [5, 5.41) is 0. The van der Waals surface area contributed by atoms with Crippen LogP contribution in [0.15, 0.2) is 4.78 Å². The zero-order valence-electron chi connectivity index (χ0n) is 2.75. The molecule has 0 spiro atoms. The first-order valence-electron chi connectivity index (χ1n) is 1.08. The van der Waals surface area contributed by atoms with Gasteiger partial charge in [-0.05, 0) is 5.53 Å². The predicted octanol–water partition coefficient (Wildman–Crippen LogP) is -0.0169. The Bertz CT molecular complexity index is 103. The van der Waals surface area contributed by atoms with Crippen molar-refractivity contribution in [1.82, 2.24) is 0 Å². The van der Waals surface area contributed by atoms with Gasteiger partial charge in [-0.1, -0.05) is 4.78 Å². The van der Waals surface area contributed by atoms with E-state index in [2.05, 4.69) is 9.69 Å². The first-order valence-corrected chi connectivity index (χ1v) is 2.02. The molecule has 0 atom stereocenters. The van der Waals surface area contributed by atoms with Crippen LogP contribution in [0.3, 0.4) is 0 Å². The third kappa shape index (κ3) is 3.11. The molecule has 0 bridgehead atoms. The van der Waals surface area contributed by atoms with Gasteiger partial charge in [0.05, 0.1) is 5.54 Å². The largest absolute Gasteiger partial charge is 0.250 e. The molecule has 0 unspecified atom stereocenters. The Morgan fingerprint density at radius 1 is 2.00 bits per heavy atom. The summed E-state index contributed by atoms with van der Waals surface area (Å²) in [6.07, 6.45) is 0. The molecule has 0 N–H and O–H groups in total.